The number of thiazole rings is 1. The minimum Gasteiger partial charge on any atom is -0.348 e. The van der Waals surface area contributed by atoms with Crippen LogP contribution in [0.5, 0.6) is 0 Å². The molecule has 1 aliphatic rings. The van der Waals surface area contributed by atoms with Crippen LogP contribution in [0.1, 0.15) is 56.1 Å². The Labute approximate surface area is 185 Å². The van der Waals surface area contributed by atoms with E-state index < -0.39 is 0 Å². The van der Waals surface area contributed by atoms with Crippen LogP contribution >= 0.6 is 11.3 Å². The van der Waals surface area contributed by atoms with E-state index in [0.29, 0.717) is 23.7 Å². The molecule has 3 aromatic rings. The molecule has 0 aliphatic carbocycles. The molecule has 1 aromatic carbocycles. The van der Waals surface area contributed by atoms with Crippen molar-refractivity contribution in [1.82, 2.24) is 25.2 Å². The molecule has 1 saturated heterocycles. The van der Waals surface area contributed by atoms with Gasteiger partial charge in [-0.05, 0) is 57.5 Å². The van der Waals surface area contributed by atoms with E-state index in [1.165, 1.54) is 17.0 Å². The second-order valence-electron chi connectivity index (χ2n) is 7.93. The molecule has 1 fully saturated rings. The van der Waals surface area contributed by atoms with Crippen molar-refractivity contribution in [3.63, 3.8) is 0 Å². The minimum atomic E-state index is -0.292. The van der Waals surface area contributed by atoms with Crippen molar-refractivity contribution in [1.29, 1.82) is 0 Å². The van der Waals surface area contributed by atoms with Gasteiger partial charge in [0.1, 0.15) is 11.6 Å². The molecule has 0 unspecified atom stereocenters. The summed E-state index contributed by atoms with van der Waals surface area (Å²) in [7, 11) is 0. The number of aromatic nitrogens is 3. The highest BCUT2D eigenvalue weighted by Crippen LogP contribution is 2.27. The largest absolute Gasteiger partial charge is 0.348 e. The number of carbonyl (C=O) groups is 1. The number of likely N-dealkylation sites (tertiary alicyclic amines) is 1. The number of amides is 1. The Hall–Kier alpha value is -2.71. The zero-order chi connectivity index (χ0) is 21.8. The fraction of sp³-hybridized carbons (Fsp3) is 0.391. The zero-order valence-electron chi connectivity index (χ0n) is 17.8. The Bertz CT molecular complexity index is 1040. The third kappa shape index (κ3) is 5.51. The predicted molar refractivity (Wildman–Crippen MR) is 118 cm³/mol. The van der Waals surface area contributed by atoms with Crippen molar-refractivity contribution in [2.75, 3.05) is 13.1 Å². The van der Waals surface area contributed by atoms with Crippen molar-refractivity contribution in [3.8, 4) is 0 Å². The number of nitrogens with one attached hydrogen (secondary N) is 1. The number of piperidine rings is 1. The number of carbonyl (C=O) groups excluding carboxylic acids is 1. The van der Waals surface area contributed by atoms with E-state index in [9.17, 15) is 9.18 Å². The molecule has 2 aromatic heterocycles. The van der Waals surface area contributed by atoms with E-state index in [1.54, 1.807) is 29.7 Å². The standard InChI is InChI=1S/C23H26FN5OS/c1-15-21(23(30)27-11-17-3-5-19(24)6-4-17)13-26-22(28-15)18-7-9-29(10-8-18)14-20-12-25-16(2)31-20/h3-6,12-13,18H,7-11,14H2,1-2H3,(H,27,30). The summed E-state index contributed by atoms with van der Waals surface area (Å²) in [6.45, 7) is 7.17. The van der Waals surface area contributed by atoms with Gasteiger partial charge in [-0.15, -0.1) is 11.3 Å². The summed E-state index contributed by atoms with van der Waals surface area (Å²) in [5, 5.41) is 3.96. The van der Waals surface area contributed by atoms with E-state index >= 15 is 0 Å². The third-order valence-corrected chi connectivity index (χ3v) is 6.51. The lowest BCUT2D eigenvalue weighted by Gasteiger charge is -2.30. The molecule has 8 heteroatoms. The number of rotatable bonds is 6. The van der Waals surface area contributed by atoms with Crippen LogP contribution in [0.2, 0.25) is 0 Å². The summed E-state index contributed by atoms with van der Waals surface area (Å²) in [5.74, 6) is 0.623. The van der Waals surface area contributed by atoms with E-state index in [1.807, 2.05) is 20.0 Å². The van der Waals surface area contributed by atoms with Crippen LogP contribution in [-0.4, -0.2) is 38.8 Å². The second-order valence-corrected chi connectivity index (χ2v) is 9.25. The van der Waals surface area contributed by atoms with Gasteiger partial charge in [-0.2, -0.15) is 0 Å². The van der Waals surface area contributed by atoms with Crippen molar-refractivity contribution in [2.24, 2.45) is 0 Å². The first-order valence-corrected chi connectivity index (χ1v) is 11.3. The van der Waals surface area contributed by atoms with Crippen LogP contribution in [0.15, 0.2) is 36.7 Å². The first-order chi connectivity index (χ1) is 15.0. The lowest BCUT2D eigenvalue weighted by atomic mass is 9.95. The summed E-state index contributed by atoms with van der Waals surface area (Å²) in [5.41, 5.74) is 2.00. The number of benzene rings is 1. The monoisotopic (exact) mass is 439 g/mol. The predicted octanol–water partition coefficient (Wildman–Crippen LogP) is 4.00. The van der Waals surface area contributed by atoms with Gasteiger partial charge >= 0.3 is 0 Å². The third-order valence-electron chi connectivity index (χ3n) is 5.61. The topological polar surface area (TPSA) is 71.0 Å². The first-order valence-electron chi connectivity index (χ1n) is 10.5. The summed E-state index contributed by atoms with van der Waals surface area (Å²) < 4.78 is 13.0. The van der Waals surface area contributed by atoms with Crippen LogP contribution in [0.3, 0.4) is 0 Å². The van der Waals surface area contributed by atoms with E-state index in [4.69, 9.17) is 0 Å². The Morgan fingerprint density at radius 3 is 2.55 bits per heavy atom. The number of aryl methyl sites for hydroxylation is 2. The molecule has 0 radical (unpaired) electrons. The summed E-state index contributed by atoms with van der Waals surface area (Å²) in [6, 6.07) is 6.08. The maximum Gasteiger partial charge on any atom is 0.254 e. The van der Waals surface area contributed by atoms with Crippen LogP contribution in [0.4, 0.5) is 4.39 Å². The second kappa shape index (κ2) is 9.62. The van der Waals surface area contributed by atoms with Crippen LogP contribution in [0.25, 0.3) is 0 Å². The molecule has 1 aliphatic heterocycles. The molecule has 6 nitrogen and oxygen atoms in total. The first kappa shape index (κ1) is 21.5. The molecule has 31 heavy (non-hydrogen) atoms. The highest BCUT2D eigenvalue weighted by molar-refractivity contribution is 7.11. The van der Waals surface area contributed by atoms with Gasteiger partial charge in [0.15, 0.2) is 0 Å². The van der Waals surface area contributed by atoms with Gasteiger partial charge in [-0.25, -0.2) is 19.3 Å². The smallest absolute Gasteiger partial charge is 0.254 e. The molecule has 0 spiro atoms. The van der Waals surface area contributed by atoms with E-state index in [2.05, 4.69) is 25.2 Å². The molecule has 0 saturated carbocycles. The number of halogens is 1. The van der Waals surface area contributed by atoms with Gasteiger partial charge in [0.05, 0.1) is 16.3 Å². The van der Waals surface area contributed by atoms with Crippen LogP contribution in [0, 0.1) is 19.7 Å². The average molecular weight is 440 g/mol. The van der Waals surface area contributed by atoms with Crippen molar-refractivity contribution in [2.45, 2.75) is 45.7 Å². The minimum absolute atomic E-state index is 0.219. The van der Waals surface area contributed by atoms with Gasteiger partial charge in [0, 0.05) is 36.3 Å². The SMILES string of the molecule is Cc1ncc(CN2CCC(c3ncc(C(=O)NCc4ccc(F)cc4)c(C)n3)CC2)s1. The van der Waals surface area contributed by atoms with E-state index in [-0.39, 0.29) is 11.7 Å². The molecule has 4 rings (SSSR count). The number of hydrogen-bond donors (Lipinski definition) is 1. The zero-order valence-corrected chi connectivity index (χ0v) is 18.6. The highest BCUT2D eigenvalue weighted by atomic mass is 32.1. The Morgan fingerprint density at radius 2 is 1.90 bits per heavy atom. The lowest BCUT2D eigenvalue weighted by molar-refractivity contribution is 0.0949. The summed E-state index contributed by atoms with van der Waals surface area (Å²) in [4.78, 5) is 29.8. The van der Waals surface area contributed by atoms with Crippen molar-refractivity contribution in [3.05, 3.63) is 75.0 Å². The molecule has 3 heterocycles. The maximum atomic E-state index is 13.0. The molecule has 1 N–H and O–H groups in total. The summed E-state index contributed by atoms with van der Waals surface area (Å²) >= 11 is 1.76. The highest BCUT2D eigenvalue weighted by Gasteiger charge is 2.24. The molecule has 0 bridgehead atoms. The Balaban J connectivity index is 1.32. The molecular weight excluding hydrogens is 413 g/mol. The fourth-order valence-electron chi connectivity index (χ4n) is 3.83. The van der Waals surface area contributed by atoms with E-state index in [0.717, 1.165) is 48.9 Å². The van der Waals surface area contributed by atoms with Crippen LogP contribution in [-0.2, 0) is 13.1 Å². The maximum absolute atomic E-state index is 13.0. The van der Waals surface area contributed by atoms with Gasteiger partial charge in [0.2, 0.25) is 0 Å². The van der Waals surface area contributed by atoms with Crippen LogP contribution < -0.4 is 5.32 Å². The van der Waals surface area contributed by atoms with Gasteiger partial charge in [0.25, 0.3) is 5.91 Å². The molecule has 162 valence electrons. The molecule has 0 atom stereocenters. The normalized spacial score (nSPS) is 15.2. The van der Waals surface area contributed by atoms with Gasteiger partial charge in [-0.3, -0.25) is 9.69 Å². The van der Waals surface area contributed by atoms with Crippen molar-refractivity contribution < 1.29 is 9.18 Å². The quantitative estimate of drug-likeness (QED) is 0.629. The fourth-order valence-corrected chi connectivity index (χ4v) is 4.67. The van der Waals surface area contributed by atoms with Crippen molar-refractivity contribution >= 4 is 17.2 Å². The lowest BCUT2D eigenvalue weighted by Crippen LogP contribution is -2.33. The van der Waals surface area contributed by atoms with Gasteiger partial charge in [-0.1, -0.05) is 12.1 Å². The Kier molecular flexibility index (Phi) is 6.67. The number of nitrogens with zero attached hydrogens (tertiary/aromatic N) is 4. The average Bonchev–Trinajstić information content (AvgIpc) is 3.18. The molecular formula is C23H26FN5OS. The molecule has 1 amide bonds. The summed E-state index contributed by atoms with van der Waals surface area (Å²) in [6.07, 6.45) is 5.61. The Morgan fingerprint density at radius 1 is 1.16 bits per heavy atom. The van der Waals surface area contributed by atoms with Gasteiger partial charge < -0.3 is 5.32 Å². The number of hydrogen-bond acceptors (Lipinski definition) is 6.